The van der Waals surface area contributed by atoms with Crippen LogP contribution in [0, 0.1) is 0 Å². The normalized spacial score (nSPS) is 28.4. The van der Waals surface area contributed by atoms with Crippen LogP contribution in [0.4, 0.5) is 0 Å². The fourth-order valence-electron chi connectivity index (χ4n) is 3.50. The monoisotopic (exact) mass is 418 g/mol. The molecule has 0 bridgehead atoms. The van der Waals surface area contributed by atoms with Gasteiger partial charge in [0.2, 0.25) is 6.29 Å². The van der Waals surface area contributed by atoms with Crippen LogP contribution in [0.15, 0.2) is 36.4 Å². The molecule has 0 aromatic heterocycles. The topological polar surface area (TPSA) is 135 Å². The zero-order valence-electron chi connectivity index (χ0n) is 16.1. The van der Waals surface area contributed by atoms with Crippen molar-refractivity contribution in [3.8, 4) is 23.0 Å². The molecule has 2 aromatic rings. The summed E-state index contributed by atoms with van der Waals surface area (Å²) in [5.74, 6) is 0.567. The Morgan fingerprint density at radius 3 is 2.47 bits per heavy atom. The van der Waals surface area contributed by atoms with Crippen molar-refractivity contribution in [3.05, 3.63) is 47.5 Å². The molecule has 160 valence electrons. The number of ether oxygens (including phenoxy) is 4. The summed E-state index contributed by atoms with van der Waals surface area (Å²) in [6, 6.07) is 9.57. The van der Waals surface area contributed by atoms with E-state index in [0.717, 1.165) is 0 Å². The van der Waals surface area contributed by atoms with Gasteiger partial charge in [0, 0.05) is 12.1 Å². The second-order valence-electron chi connectivity index (χ2n) is 7.19. The molecular formula is C21H22O9. The second-order valence-corrected chi connectivity index (χ2v) is 7.19. The smallest absolute Gasteiger partial charge is 0.228 e. The minimum Gasteiger partial charge on any atom is -0.507 e. The number of hydrogen-bond acceptors (Lipinski definition) is 9. The Labute approximate surface area is 172 Å². The number of aromatic hydroxyl groups is 1. The van der Waals surface area contributed by atoms with Gasteiger partial charge in [0.15, 0.2) is 5.78 Å². The Balaban J connectivity index is 1.48. The summed E-state index contributed by atoms with van der Waals surface area (Å²) in [4.78, 5) is 12.5. The van der Waals surface area contributed by atoms with Crippen LogP contribution < -0.4 is 14.2 Å². The average Bonchev–Trinajstić information content (AvgIpc) is 2.74. The highest BCUT2D eigenvalue weighted by Gasteiger charge is 2.39. The highest BCUT2D eigenvalue weighted by molar-refractivity contribution is 6.02. The molecular weight excluding hydrogens is 396 g/mol. The van der Waals surface area contributed by atoms with Crippen LogP contribution in [0.25, 0.3) is 0 Å². The summed E-state index contributed by atoms with van der Waals surface area (Å²) in [6.45, 7) is -0.158. The molecule has 0 spiro atoms. The standard InChI is InChI=1S/C21H22O9/c1-27-12-6-13(22)18-14(23)8-16(30-17(18)7-12)10-2-4-11(5-3-10)29-21-20(26)19(25)15(24)9-28-21/h2-7,15-16,19-22,24-26H,8-9H2,1H3/t15-,16+,19+,20-,21+/m1/s1. The predicted octanol–water partition coefficient (Wildman–Crippen LogP) is 0.925. The maximum atomic E-state index is 12.5. The summed E-state index contributed by atoms with van der Waals surface area (Å²) < 4.78 is 21.8. The molecule has 4 rings (SSSR count). The highest BCUT2D eigenvalue weighted by atomic mass is 16.7. The summed E-state index contributed by atoms with van der Waals surface area (Å²) >= 11 is 0. The first kappa shape index (κ1) is 20.4. The Bertz CT molecular complexity index is 927. The molecule has 5 atom stereocenters. The number of carbonyl (C=O) groups excluding carboxylic acids is 1. The van der Waals surface area contributed by atoms with E-state index in [1.165, 1.54) is 13.2 Å². The molecule has 0 unspecified atom stereocenters. The highest BCUT2D eigenvalue weighted by Crippen LogP contribution is 2.42. The quantitative estimate of drug-likeness (QED) is 0.572. The van der Waals surface area contributed by atoms with Gasteiger partial charge in [0.05, 0.1) is 20.1 Å². The lowest BCUT2D eigenvalue weighted by molar-refractivity contribution is -0.242. The average molecular weight is 418 g/mol. The lowest BCUT2D eigenvalue weighted by Crippen LogP contribution is -2.54. The van der Waals surface area contributed by atoms with Crippen LogP contribution >= 0.6 is 0 Å². The maximum Gasteiger partial charge on any atom is 0.228 e. The van der Waals surface area contributed by atoms with Gasteiger partial charge in [-0.05, 0) is 17.7 Å². The molecule has 2 aromatic carbocycles. The third-order valence-corrected chi connectivity index (χ3v) is 5.17. The van der Waals surface area contributed by atoms with Crippen molar-refractivity contribution in [1.82, 2.24) is 0 Å². The van der Waals surface area contributed by atoms with E-state index in [0.29, 0.717) is 17.1 Å². The van der Waals surface area contributed by atoms with Gasteiger partial charge in [0.25, 0.3) is 0 Å². The van der Waals surface area contributed by atoms with Crippen LogP contribution in [0.5, 0.6) is 23.0 Å². The zero-order valence-corrected chi connectivity index (χ0v) is 16.1. The largest absolute Gasteiger partial charge is 0.507 e. The van der Waals surface area contributed by atoms with E-state index < -0.39 is 30.7 Å². The Morgan fingerprint density at radius 2 is 1.77 bits per heavy atom. The number of benzene rings is 2. The number of aliphatic hydroxyl groups is 3. The third kappa shape index (κ3) is 3.80. The fourth-order valence-corrected chi connectivity index (χ4v) is 3.50. The number of carbonyl (C=O) groups is 1. The third-order valence-electron chi connectivity index (χ3n) is 5.17. The van der Waals surface area contributed by atoms with Crippen molar-refractivity contribution in [2.45, 2.75) is 37.1 Å². The van der Waals surface area contributed by atoms with E-state index in [-0.39, 0.29) is 35.9 Å². The van der Waals surface area contributed by atoms with Gasteiger partial charge < -0.3 is 39.4 Å². The van der Waals surface area contributed by atoms with Crippen molar-refractivity contribution < 1.29 is 44.2 Å². The second kappa shape index (κ2) is 8.11. The molecule has 2 heterocycles. The molecule has 1 saturated heterocycles. The molecule has 30 heavy (non-hydrogen) atoms. The van der Waals surface area contributed by atoms with E-state index in [2.05, 4.69) is 0 Å². The Hall–Kier alpha value is -2.85. The Kier molecular flexibility index (Phi) is 5.52. The van der Waals surface area contributed by atoms with Crippen LogP contribution in [-0.4, -0.2) is 64.5 Å². The Morgan fingerprint density at radius 1 is 1.03 bits per heavy atom. The van der Waals surface area contributed by atoms with Crippen molar-refractivity contribution in [3.63, 3.8) is 0 Å². The van der Waals surface area contributed by atoms with Crippen LogP contribution in [-0.2, 0) is 4.74 Å². The SMILES string of the molecule is COc1cc(O)c2c(c1)O[C@H](c1ccc(O[C@@H]3OC[C@@H](O)[C@H](O)[C@H]3O)cc1)CC2=O. The number of rotatable bonds is 4. The summed E-state index contributed by atoms with van der Waals surface area (Å²) in [7, 11) is 1.45. The van der Waals surface area contributed by atoms with E-state index in [4.69, 9.17) is 18.9 Å². The predicted molar refractivity (Wildman–Crippen MR) is 102 cm³/mol. The summed E-state index contributed by atoms with van der Waals surface area (Å²) in [6.07, 6.45) is -5.56. The van der Waals surface area contributed by atoms with Crippen molar-refractivity contribution in [2.75, 3.05) is 13.7 Å². The van der Waals surface area contributed by atoms with Gasteiger partial charge in [-0.25, -0.2) is 0 Å². The van der Waals surface area contributed by atoms with Gasteiger partial charge in [-0.3, -0.25) is 4.79 Å². The van der Waals surface area contributed by atoms with Crippen LogP contribution in [0.3, 0.4) is 0 Å². The zero-order chi connectivity index (χ0) is 21.4. The number of ketones is 1. The minimum atomic E-state index is -1.40. The number of aliphatic hydroxyl groups excluding tert-OH is 3. The van der Waals surface area contributed by atoms with Crippen LogP contribution in [0.1, 0.15) is 28.4 Å². The minimum absolute atomic E-state index is 0.0572. The van der Waals surface area contributed by atoms with E-state index >= 15 is 0 Å². The van der Waals surface area contributed by atoms with Gasteiger partial charge in [0.1, 0.15) is 53.0 Å². The van der Waals surface area contributed by atoms with Gasteiger partial charge >= 0.3 is 0 Å². The fraction of sp³-hybridized carbons (Fsp3) is 0.381. The van der Waals surface area contributed by atoms with Crippen LogP contribution in [0.2, 0.25) is 0 Å². The maximum absolute atomic E-state index is 12.5. The van der Waals surface area contributed by atoms with Crippen molar-refractivity contribution >= 4 is 5.78 Å². The molecule has 0 amide bonds. The van der Waals surface area contributed by atoms with Crippen molar-refractivity contribution in [1.29, 1.82) is 0 Å². The lowest BCUT2D eigenvalue weighted by atomic mass is 9.95. The first-order chi connectivity index (χ1) is 14.4. The van der Waals surface area contributed by atoms with E-state index in [1.54, 1.807) is 30.3 Å². The number of phenols is 1. The molecule has 0 aliphatic carbocycles. The first-order valence-corrected chi connectivity index (χ1v) is 9.40. The summed E-state index contributed by atoms with van der Waals surface area (Å²) in [5.41, 5.74) is 0.848. The lowest BCUT2D eigenvalue weighted by Gasteiger charge is -2.35. The molecule has 2 aliphatic rings. The molecule has 0 saturated carbocycles. The van der Waals surface area contributed by atoms with Gasteiger partial charge in [-0.2, -0.15) is 0 Å². The van der Waals surface area contributed by atoms with E-state index in [1.807, 2.05) is 0 Å². The molecule has 4 N–H and O–H groups in total. The van der Waals surface area contributed by atoms with Gasteiger partial charge in [-0.1, -0.05) is 12.1 Å². The molecule has 0 radical (unpaired) electrons. The number of Topliss-reactive ketones (excluding diaryl/α,β-unsaturated/α-hetero) is 1. The molecule has 1 fully saturated rings. The number of phenolic OH excluding ortho intramolecular Hbond substituents is 1. The first-order valence-electron chi connectivity index (χ1n) is 9.40. The summed E-state index contributed by atoms with van der Waals surface area (Å²) in [5, 5.41) is 39.3. The molecule has 2 aliphatic heterocycles. The molecule has 9 heteroatoms. The van der Waals surface area contributed by atoms with E-state index in [9.17, 15) is 25.2 Å². The molecule has 9 nitrogen and oxygen atoms in total. The van der Waals surface area contributed by atoms with Gasteiger partial charge in [-0.15, -0.1) is 0 Å². The number of methoxy groups -OCH3 is 1. The number of fused-ring (bicyclic) bond motifs is 1. The number of hydrogen-bond donors (Lipinski definition) is 4. The van der Waals surface area contributed by atoms with Crippen molar-refractivity contribution in [2.24, 2.45) is 0 Å².